The summed E-state index contributed by atoms with van der Waals surface area (Å²) in [6.45, 7) is 10.3. The van der Waals surface area contributed by atoms with Crippen molar-refractivity contribution in [3.05, 3.63) is 11.6 Å². The van der Waals surface area contributed by atoms with Crippen molar-refractivity contribution in [3.8, 4) is 0 Å². The second-order valence-electron chi connectivity index (χ2n) is 11.0. The molecule has 274 valence electrons. The molecule has 0 aromatic carbocycles. The van der Waals surface area contributed by atoms with Crippen LogP contribution in [0.4, 0.5) is 0 Å². The zero-order valence-corrected chi connectivity index (χ0v) is 31.2. The summed E-state index contributed by atoms with van der Waals surface area (Å²) in [5.74, 6) is 0.274. The van der Waals surface area contributed by atoms with Crippen molar-refractivity contribution in [3.63, 3.8) is 0 Å². The first-order valence-electron chi connectivity index (χ1n) is 13.7. The Morgan fingerprint density at radius 2 is 0.913 bits per heavy atom. The SMILES string of the molecule is C/C(=C\C(=O)OP(=O)(O)OP(=O)(O)OP(=O)(O)OP(=O)(O)OP(=O)(O)OP(=O)(O)O)CCC[C@H](C)CCC[C@H](C)CCCC(C)C. The third kappa shape index (κ3) is 25.1. The summed E-state index contributed by atoms with van der Waals surface area (Å²) in [4.78, 5) is 75.7. The fraction of sp³-hybridized carbons (Fsp3) is 0.850. The predicted octanol–water partition coefficient (Wildman–Crippen LogP) is 6.59. The van der Waals surface area contributed by atoms with Crippen LogP contribution in [-0.4, -0.2) is 40.2 Å². The fourth-order valence-corrected chi connectivity index (χ4v) is 11.1. The first-order valence-corrected chi connectivity index (χ1v) is 22.7. The van der Waals surface area contributed by atoms with Crippen molar-refractivity contribution in [2.24, 2.45) is 17.8 Å². The van der Waals surface area contributed by atoms with E-state index in [1.807, 2.05) is 0 Å². The van der Waals surface area contributed by atoms with Gasteiger partial charge in [0.2, 0.25) is 0 Å². The molecule has 0 bridgehead atoms. The van der Waals surface area contributed by atoms with Crippen molar-refractivity contribution in [1.82, 2.24) is 0 Å². The van der Waals surface area contributed by atoms with Crippen LogP contribution >= 0.6 is 46.9 Å². The number of allylic oxidation sites excluding steroid dienone is 1. The maximum absolute atomic E-state index is 12.0. The summed E-state index contributed by atoms with van der Waals surface area (Å²) in [6.07, 6.45) is 9.65. The molecular weight excluding hydrogens is 746 g/mol. The quantitative estimate of drug-likeness (QED) is 0.0400. The standard InChI is InChI=1S/C20H44O20P6/c1-16(2)9-6-10-17(3)11-7-12-18(4)13-8-14-19(5)15-20(21)35-42(25,26)37-44(29,30)39-46(33,34)40-45(31,32)38-43(27,28)36-41(22,23)24/h15-18H,6-14H2,1-5H3,(H,25,26)(H,27,28)(H,29,30)(H,31,32)(H,33,34)(H2,22,23,24)/b19-15+/t17-,18-/m1/s1. The summed E-state index contributed by atoms with van der Waals surface area (Å²) in [6, 6.07) is 0. The van der Waals surface area contributed by atoms with Crippen molar-refractivity contribution in [1.29, 1.82) is 0 Å². The Labute approximate surface area is 267 Å². The average Bonchev–Trinajstić information content (AvgIpc) is 2.72. The monoisotopic (exact) mass is 790 g/mol. The number of phosphoric acid groups is 6. The molecule has 0 rings (SSSR count). The molecular formula is C20H44O20P6. The van der Waals surface area contributed by atoms with Crippen LogP contribution in [0.25, 0.3) is 0 Å². The molecule has 0 spiro atoms. The number of carbonyl (C=O) groups is 1. The van der Waals surface area contributed by atoms with Crippen molar-refractivity contribution in [2.75, 3.05) is 0 Å². The van der Waals surface area contributed by atoms with E-state index < -0.39 is 52.9 Å². The Morgan fingerprint density at radius 1 is 0.565 bits per heavy atom. The Kier molecular flexibility index (Phi) is 19.5. The lowest BCUT2D eigenvalue weighted by Crippen LogP contribution is -2.03. The Morgan fingerprint density at radius 3 is 1.30 bits per heavy atom. The van der Waals surface area contributed by atoms with E-state index in [2.05, 4.69) is 53.8 Å². The van der Waals surface area contributed by atoms with Crippen LogP contribution in [0.3, 0.4) is 0 Å². The van der Waals surface area contributed by atoms with Gasteiger partial charge in [0.25, 0.3) is 0 Å². The first kappa shape index (κ1) is 46.1. The predicted molar refractivity (Wildman–Crippen MR) is 161 cm³/mol. The lowest BCUT2D eigenvalue weighted by atomic mass is 9.91. The van der Waals surface area contributed by atoms with Crippen LogP contribution in [0.1, 0.15) is 92.4 Å². The molecule has 7 atom stereocenters. The van der Waals surface area contributed by atoms with Gasteiger partial charge in [-0.25, -0.2) is 32.2 Å². The molecule has 0 heterocycles. The van der Waals surface area contributed by atoms with Crippen LogP contribution in [-0.2, 0) is 58.3 Å². The zero-order chi connectivity index (χ0) is 36.2. The molecule has 46 heavy (non-hydrogen) atoms. The molecule has 26 heteroatoms. The average molecular weight is 790 g/mol. The van der Waals surface area contributed by atoms with Gasteiger partial charge in [0, 0.05) is 6.08 Å². The molecule has 0 aliphatic rings. The molecule has 5 unspecified atom stereocenters. The van der Waals surface area contributed by atoms with E-state index in [1.165, 1.54) is 26.2 Å². The summed E-state index contributed by atoms with van der Waals surface area (Å²) in [5, 5.41) is 0. The molecule has 0 amide bonds. The number of hydrogen-bond donors (Lipinski definition) is 7. The van der Waals surface area contributed by atoms with Crippen molar-refractivity contribution < 1.29 is 92.5 Å². The van der Waals surface area contributed by atoms with Gasteiger partial charge in [-0.2, -0.15) is 21.6 Å². The van der Waals surface area contributed by atoms with E-state index in [-0.39, 0.29) is 0 Å². The summed E-state index contributed by atoms with van der Waals surface area (Å²) in [7, 11) is -36.9. The van der Waals surface area contributed by atoms with E-state index in [0.29, 0.717) is 36.2 Å². The van der Waals surface area contributed by atoms with E-state index in [4.69, 9.17) is 14.7 Å². The molecule has 20 nitrogen and oxygen atoms in total. The topological polar surface area (TPSA) is 316 Å². The minimum atomic E-state index is -6.40. The minimum absolute atomic E-state index is 0.400. The lowest BCUT2D eigenvalue weighted by molar-refractivity contribution is -0.130. The second kappa shape index (κ2) is 19.5. The maximum Gasteiger partial charge on any atom is 0.538 e. The van der Waals surface area contributed by atoms with Gasteiger partial charge in [-0.05, 0) is 37.5 Å². The van der Waals surface area contributed by atoms with Gasteiger partial charge in [0.15, 0.2) is 0 Å². The van der Waals surface area contributed by atoms with E-state index in [9.17, 15) is 51.8 Å². The van der Waals surface area contributed by atoms with Gasteiger partial charge in [-0.1, -0.05) is 78.2 Å². The van der Waals surface area contributed by atoms with Crippen LogP contribution < -0.4 is 0 Å². The van der Waals surface area contributed by atoms with Gasteiger partial charge in [0.1, 0.15) is 0 Å². The molecule has 0 aliphatic carbocycles. The number of rotatable bonds is 24. The summed E-state index contributed by atoms with van der Waals surface area (Å²) < 4.78 is 90.3. The second-order valence-corrected chi connectivity index (χ2v) is 20.1. The molecule has 7 N–H and O–H groups in total. The smallest absolute Gasteiger partial charge is 0.367 e. The Balaban J connectivity index is 4.85. The third-order valence-corrected chi connectivity index (χ3v) is 14.4. The molecule has 0 radical (unpaired) electrons. The molecule has 0 aromatic heterocycles. The van der Waals surface area contributed by atoms with Crippen LogP contribution in [0.15, 0.2) is 11.6 Å². The largest absolute Gasteiger partial charge is 0.538 e. The van der Waals surface area contributed by atoms with E-state index in [1.54, 1.807) is 0 Å². The normalized spacial score (nSPS) is 20.8. The van der Waals surface area contributed by atoms with Crippen molar-refractivity contribution in [2.45, 2.75) is 92.4 Å². The number of carbonyl (C=O) groups excluding carboxylic acids is 1. The molecule has 0 saturated carbocycles. The van der Waals surface area contributed by atoms with E-state index in [0.717, 1.165) is 31.8 Å². The van der Waals surface area contributed by atoms with Crippen molar-refractivity contribution >= 4 is 52.9 Å². The molecule has 0 aliphatic heterocycles. The molecule has 0 aromatic rings. The van der Waals surface area contributed by atoms with E-state index >= 15 is 0 Å². The zero-order valence-electron chi connectivity index (χ0n) is 25.8. The highest BCUT2D eigenvalue weighted by molar-refractivity contribution is 7.72. The van der Waals surface area contributed by atoms with Gasteiger partial charge in [0.05, 0.1) is 0 Å². The Bertz CT molecular complexity index is 1310. The highest BCUT2D eigenvalue weighted by Crippen LogP contribution is 2.75. The van der Waals surface area contributed by atoms with Gasteiger partial charge in [-0.15, -0.1) is 0 Å². The lowest BCUT2D eigenvalue weighted by Gasteiger charge is -2.20. The highest BCUT2D eigenvalue weighted by Gasteiger charge is 2.49. The third-order valence-electron chi connectivity index (χ3n) is 5.74. The summed E-state index contributed by atoms with van der Waals surface area (Å²) in [5.41, 5.74) is 0.412. The van der Waals surface area contributed by atoms with Gasteiger partial charge < -0.3 is 33.9 Å². The van der Waals surface area contributed by atoms with Crippen LogP contribution in [0.5, 0.6) is 0 Å². The number of hydrogen-bond acceptors (Lipinski definition) is 13. The minimum Gasteiger partial charge on any atom is -0.367 e. The van der Waals surface area contributed by atoms with Gasteiger partial charge in [-0.3, -0.25) is 4.89 Å². The number of phosphoric ester groups is 1. The fourth-order valence-electron chi connectivity index (χ4n) is 3.85. The summed E-state index contributed by atoms with van der Waals surface area (Å²) >= 11 is 0. The molecule has 0 saturated heterocycles. The maximum atomic E-state index is 12.0. The molecule has 0 fully saturated rings. The van der Waals surface area contributed by atoms with Crippen LogP contribution in [0.2, 0.25) is 0 Å². The van der Waals surface area contributed by atoms with Crippen LogP contribution in [0, 0.1) is 17.8 Å². The Hall–Kier alpha value is 0.110. The first-order chi connectivity index (χ1) is 20.5. The van der Waals surface area contributed by atoms with Gasteiger partial charge >= 0.3 is 52.9 Å². The highest BCUT2D eigenvalue weighted by atomic mass is 31.3.